The molecule has 1 aliphatic carbocycles. The molecule has 8 nitrogen and oxygen atoms in total. The second-order valence-electron chi connectivity index (χ2n) is 9.98. The van der Waals surface area contributed by atoms with Gasteiger partial charge >= 0.3 is 5.69 Å². The van der Waals surface area contributed by atoms with Crippen molar-refractivity contribution in [2.45, 2.75) is 59.5 Å². The van der Waals surface area contributed by atoms with E-state index >= 15 is 0 Å². The monoisotopic (exact) mass is 471 g/mol. The van der Waals surface area contributed by atoms with Crippen LogP contribution in [0.2, 0.25) is 0 Å². The quantitative estimate of drug-likeness (QED) is 0.380. The highest BCUT2D eigenvalue weighted by molar-refractivity contribution is 5.81. The van der Waals surface area contributed by atoms with Gasteiger partial charge in [0.25, 0.3) is 0 Å². The van der Waals surface area contributed by atoms with Crippen molar-refractivity contribution in [1.29, 1.82) is 0 Å². The molecule has 0 saturated heterocycles. The van der Waals surface area contributed by atoms with Gasteiger partial charge in [0.2, 0.25) is 5.82 Å². The topological polar surface area (TPSA) is 94.3 Å². The highest BCUT2D eigenvalue weighted by Gasteiger charge is 2.50. The fraction of sp³-hybridized carbons (Fsp3) is 0.444. The Balaban J connectivity index is 1.56. The van der Waals surface area contributed by atoms with Gasteiger partial charge in [0, 0.05) is 35.9 Å². The zero-order valence-electron chi connectivity index (χ0n) is 20.8. The summed E-state index contributed by atoms with van der Waals surface area (Å²) in [5, 5.41) is 14.6. The number of pyridine rings is 1. The summed E-state index contributed by atoms with van der Waals surface area (Å²) in [4.78, 5) is 18.1. The Bertz CT molecular complexity index is 1350. The third-order valence-electron chi connectivity index (χ3n) is 7.40. The van der Waals surface area contributed by atoms with Gasteiger partial charge in [-0.15, -0.1) is 10.2 Å². The van der Waals surface area contributed by atoms with Gasteiger partial charge in [-0.25, -0.2) is 4.79 Å². The van der Waals surface area contributed by atoms with Crippen LogP contribution in [-0.2, 0) is 13.0 Å². The first-order chi connectivity index (χ1) is 17.0. The smallest absolute Gasteiger partial charge is 0.295 e. The molecule has 4 aromatic rings. The van der Waals surface area contributed by atoms with Crippen molar-refractivity contribution in [3.8, 4) is 22.5 Å². The number of H-pyrrole nitrogens is 1. The SMILES string of the molecule is CCCCc1cn(C2C(C)C2C(C)C)c(=O)n1Cc1cnccc1-c1ccccc1-c1nn[nH]n1. The first kappa shape index (κ1) is 23.2. The predicted molar refractivity (Wildman–Crippen MR) is 136 cm³/mol. The van der Waals surface area contributed by atoms with Gasteiger partial charge in [-0.2, -0.15) is 5.21 Å². The minimum absolute atomic E-state index is 0.0809. The number of hydrogen-bond acceptors (Lipinski definition) is 5. The molecule has 0 spiro atoms. The van der Waals surface area contributed by atoms with Crippen molar-refractivity contribution < 1.29 is 0 Å². The molecule has 8 heteroatoms. The summed E-state index contributed by atoms with van der Waals surface area (Å²) < 4.78 is 3.96. The van der Waals surface area contributed by atoms with Gasteiger partial charge < -0.3 is 0 Å². The molecule has 5 rings (SSSR count). The van der Waals surface area contributed by atoms with Crippen LogP contribution >= 0.6 is 0 Å². The zero-order chi connectivity index (χ0) is 24.5. The third-order valence-corrected chi connectivity index (χ3v) is 7.40. The van der Waals surface area contributed by atoms with Crippen LogP contribution in [0.3, 0.4) is 0 Å². The lowest BCUT2D eigenvalue weighted by atomic mass is 9.96. The molecule has 1 aromatic carbocycles. The van der Waals surface area contributed by atoms with Gasteiger partial charge in [0.05, 0.1) is 6.54 Å². The predicted octanol–water partition coefficient (Wildman–Crippen LogP) is 4.75. The van der Waals surface area contributed by atoms with E-state index in [1.807, 2.05) is 39.6 Å². The van der Waals surface area contributed by atoms with E-state index in [-0.39, 0.29) is 11.7 Å². The first-order valence-corrected chi connectivity index (χ1v) is 12.6. The van der Waals surface area contributed by atoms with Crippen LogP contribution in [0.15, 0.2) is 53.7 Å². The number of benzene rings is 1. The minimum atomic E-state index is 0.0809. The van der Waals surface area contributed by atoms with Crippen LogP contribution in [0.5, 0.6) is 0 Å². The van der Waals surface area contributed by atoms with E-state index in [1.165, 1.54) is 0 Å². The van der Waals surface area contributed by atoms with E-state index in [1.54, 1.807) is 6.20 Å². The molecule has 0 aliphatic heterocycles. The lowest BCUT2D eigenvalue weighted by Gasteiger charge is -2.14. The van der Waals surface area contributed by atoms with Crippen LogP contribution in [0.4, 0.5) is 0 Å². The molecule has 1 saturated carbocycles. The molecule has 1 aliphatic rings. The number of aromatic nitrogens is 7. The maximum absolute atomic E-state index is 13.7. The Morgan fingerprint density at radius 3 is 2.60 bits per heavy atom. The molecule has 182 valence electrons. The van der Waals surface area contributed by atoms with E-state index in [0.717, 1.165) is 47.2 Å². The second kappa shape index (κ2) is 9.60. The summed E-state index contributed by atoms with van der Waals surface area (Å²) >= 11 is 0. The second-order valence-corrected chi connectivity index (χ2v) is 9.98. The lowest BCUT2D eigenvalue weighted by molar-refractivity contribution is 0.494. The average Bonchev–Trinajstić information content (AvgIpc) is 3.18. The zero-order valence-corrected chi connectivity index (χ0v) is 20.8. The van der Waals surface area contributed by atoms with E-state index in [2.05, 4.69) is 65.6 Å². The van der Waals surface area contributed by atoms with E-state index < -0.39 is 0 Å². The summed E-state index contributed by atoms with van der Waals surface area (Å²) in [5.74, 6) is 2.19. The maximum Gasteiger partial charge on any atom is 0.328 e. The summed E-state index contributed by atoms with van der Waals surface area (Å²) in [6.07, 6.45) is 8.80. The lowest BCUT2D eigenvalue weighted by Crippen LogP contribution is -2.26. The standard InChI is InChI=1S/C27H33N7O/c1-5-6-9-20-16-34(25-18(4)24(25)17(2)3)27(35)33(20)15-19-14-28-13-12-21(19)22-10-7-8-11-23(22)26-29-31-32-30-26/h7-8,10-14,16-18,24-25H,5-6,9,15H2,1-4H3,(H,29,30,31,32). The minimum Gasteiger partial charge on any atom is -0.295 e. The molecule has 0 radical (unpaired) electrons. The van der Waals surface area contributed by atoms with Crippen LogP contribution in [0.25, 0.3) is 22.5 Å². The number of rotatable bonds is 9. The number of imidazole rings is 1. The Morgan fingerprint density at radius 2 is 1.91 bits per heavy atom. The van der Waals surface area contributed by atoms with Gasteiger partial charge in [0.1, 0.15) is 0 Å². The van der Waals surface area contributed by atoms with Crippen molar-refractivity contribution in [3.05, 3.63) is 70.7 Å². The molecule has 3 aromatic heterocycles. The summed E-state index contributed by atoms with van der Waals surface area (Å²) in [7, 11) is 0. The summed E-state index contributed by atoms with van der Waals surface area (Å²) in [6.45, 7) is 9.43. The van der Waals surface area contributed by atoms with Gasteiger partial charge in [-0.1, -0.05) is 58.4 Å². The van der Waals surface area contributed by atoms with Crippen molar-refractivity contribution in [3.63, 3.8) is 0 Å². The van der Waals surface area contributed by atoms with Crippen molar-refractivity contribution in [1.82, 2.24) is 34.7 Å². The number of nitrogens with zero attached hydrogens (tertiary/aromatic N) is 6. The maximum atomic E-state index is 13.7. The normalized spacial score (nSPS) is 19.4. The average molecular weight is 472 g/mol. The van der Waals surface area contributed by atoms with Gasteiger partial charge in [0.15, 0.2) is 0 Å². The van der Waals surface area contributed by atoms with E-state index in [0.29, 0.717) is 30.1 Å². The number of aryl methyl sites for hydroxylation is 1. The Morgan fingerprint density at radius 1 is 1.11 bits per heavy atom. The molecule has 3 unspecified atom stereocenters. The number of hydrogen-bond donors (Lipinski definition) is 1. The van der Waals surface area contributed by atoms with E-state index in [9.17, 15) is 4.79 Å². The molecule has 1 fully saturated rings. The summed E-state index contributed by atoms with van der Waals surface area (Å²) in [6, 6.07) is 10.3. The molecule has 35 heavy (non-hydrogen) atoms. The van der Waals surface area contributed by atoms with Crippen LogP contribution in [0.1, 0.15) is 57.8 Å². The van der Waals surface area contributed by atoms with Crippen LogP contribution in [0, 0.1) is 17.8 Å². The molecule has 1 N–H and O–H groups in total. The number of nitrogens with one attached hydrogen (secondary N) is 1. The van der Waals surface area contributed by atoms with Crippen LogP contribution in [-0.4, -0.2) is 34.7 Å². The molecule has 3 heterocycles. The Labute approximate surface area is 205 Å². The third kappa shape index (κ3) is 4.33. The fourth-order valence-electron chi connectivity index (χ4n) is 5.58. The highest BCUT2D eigenvalue weighted by atomic mass is 16.1. The van der Waals surface area contributed by atoms with Crippen molar-refractivity contribution in [2.24, 2.45) is 17.8 Å². The number of unbranched alkanes of at least 4 members (excludes halogenated alkanes) is 1. The molecule has 0 bridgehead atoms. The molecule has 3 atom stereocenters. The number of tetrazole rings is 1. The van der Waals surface area contributed by atoms with E-state index in [4.69, 9.17) is 0 Å². The van der Waals surface area contributed by atoms with Gasteiger partial charge in [-0.3, -0.25) is 14.1 Å². The van der Waals surface area contributed by atoms with Crippen molar-refractivity contribution in [2.75, 3.05) is 0 Å². The Hall–Kier alpha value is -3.55. The number of aromatic amines is 1. The fourth-order valence-corrected chi connectivity index (χ4v) is 5.58. The van der Waals surface area contributed by atoms with Crippen molar-refractivity contribution >= 4 is 0 Å². The Kier molecular flexibility index (Phi) is 6.36. The van der Waals surface area contributed by atoms with Crippen LogP contribution < -0.4 is 5.69 Å². The van der Waals surface area contributed by atoms with Gasteiger partial charge in [-0.05, 0) is 58.6 Å². The first-order valence-electron chi connectivity index (χ1n) is 12.6. The molecule has 0 amide bonds. The molecular formula is C27H33N7O. The summed E-state index contributed by atoms with van der Waals surface area (Å²) in [5.41, 5.74) is 5.06. The molecular weight excluding hydrogens is 438 g/mol. The largest absolute Gasteiger partial charge is 0.328 e. The highest BCUT2D eigenvalue weighted by Crippen LogP contribution is 2.53.